The first-order valence-electron chi connectivity index (χ1n) is 5.78. The Bertz CT molecular complexity index is 362. The molecule has 1 rings (SSSR count). The van der Waals surface area contributed by atoms with Crippen LogP contribution in [0.4, 0.5) is 0 Å². The molecule has 0 spiro atoms. The van der Waals surface area contributed by atoms with Crippen molar-refractivity contribution in [1.82, 2.24) is 4.90 Å². The summed E-state index contributed by atoms with van der Waals surface area (Å²) in [6.45, 7) is 5.95. The van der Waals surface area contributed by atoms with Gasteiger partial charge in [-0.1, -0.05) is 36.5 Å². The van der Waals surface area contributed by atoms with Crippen LogP contribution in [0.1, 0.15) is 25.0 Å². The van der Waals surface area contributed by atoms with Gasteiger partial charge in [0, 0.05) is 24.7 Å². The molecule has 0 atom stereocenters. The summed E-state index contributed by atoms with van der Waals surface area (Å²) in [4.78, 5) is 2.64. The molecule has 0 unspecified atom stereocenters. The lowest BCUT2D eigenvalue weighted by Gasteiger charge is -2.25. The zero-order valence-electron chi connectivity index (χ0n) is 10.4. The second-order valence-corrected chi connectivity index (χ2v) is 4.79. The van der Waals surface area contributed by atoms with Gasteiger partial charge in [-0.25, -0.2) is 0 Å². The fourth-order valence-electron chi connectivity index (χ4n) is 1.66. The standard InChI is InChI=1S/C13H20N2OS/c1-10(2)15(7-8-16)9-11-3-5-12(6-4-11)13(14)17/h3-6,10,16H,7-9H2,1-2H3,(H2,14,17). The Balaban J connectivity index is 2.69. The van der Waals surface area contributed by atoms with E-state index in [0.29, 0.717) is 17.6 Å². The lowest BCUT2D eigenvalue weighted by molar-refractivity contribution is 0.159. The summed E-state index contributed by atoms with van der Waals surface area (Å²) in [5, 5.41) is 9.01. The van der Waals surface area contributed by atoms with Crippen LogP contribution in [-0.2, 0) is 6.54 Å². The summed E-state index contributed by atoms with van der Waals surface area (Å²) < 4.78 is 0. The van der Waals surface area contributed by atoms with Crippen molar-refractivity contribution in [1.29, 1.82) is 0 Å². The van der Waals surface area contributed by atoms with Crippen molar-refractivity contribution in [2.45, 2.75) is 26.4 Å². The van der Waals surface area contributed by atoms with Crippen molar-refractivity contribution in [3.8, 4) is 0 Å². The van der Waals surface area contributed by atoms with Crippen molar-refractivity contribution < 1.29 is 5.11 Å². The minimum atomic E-state index is 0.184. The highest BCUT2D eigenvalue weighted by atomic mass is 32.1. The smallest absolute Gasteiger partial charge is 0.103 e. The molecule has 0 aliphatic heterocycles. The van der Waals surface area contributed by atoms with Crippen LogP contribution in [-0.4, -0.2) is 34.2 Å². The Labute approximate surface area is 108 Å². The summed E-state index contributed by atoms with van der Waals surface area (Å²) in [6.07, 6.45) is 0. The largest absolute Gasteiger partial charge is 0.395 e. The molecule has 0 saturated carbocycles. The summed E-state index contributed by atoms with van der Waals surface area (Å²) in [6, 6.07) is 8.35. The first kappa shape index (κ1) is 14.1. The molecule has 0 fully saturated rings. The van der Waals surface area contributed by atoms with Gasteiger partial charge >= 0.3 is 0 Å². The molecular formula is C13H20N2OS. The second-order valence-electron chi connectivity index (χ2n) is 4.35. The first-order valence-corrected chi connectivity index (χ1v) is 6.19. The molecule has 3 N–H and O–H groups in total. The van der Waals surface area contributed by atoms with Crippen molar-refractivity contribution in [3.05, 3.63) is 35.4 Å². The molecule has 0 amide bonds. The van der Waals surface area contributed by atoms with Crippen molar-refractivity contribution in [3.63, 3.8) is 0 Å². The molecule has 1 aromatic rings. The van der Waals surface area contributed by atoms with Crippen LogP contribution in [0.3, 0.4) is 0 Å². The predicted molar refractivity (Wildman–Crippen MR) is 75.0 cm³/mol. The molecule has 3 nitrogen and oxygen atoms in total. The molecule has 0 aliphatic carbocycles. The van der Waals surface area contributed by atoms with E-state index in [1.54, 1.807) is 0 Å². The summed E-state index contributed by atoms with van der Waals surface area (Å²) in [5.41, 5.74) is 7.64. The molecule has 0 aromatic heterocycles. The van der Waals surface area contributed by atoms with E-state index in [1.165, 1.54) is 5.56 Å². The van der Waals surface area contributed by atoms with Gasteiger partial charge in [0.1, 0.15) is 4.99 Å². The number of benzene rings is 1. The Hall–Kier alpha value is -0.970. The summed E-state index contributed by atoms with van der Waals surface area (Å²) in [5.74, 6) is 0. The van der Waals surface area contributed by atoms with E-state index in [4.69, 9.17) is 23.1 Å². The highest BCUT2D eigenvalue weighted by molar-refractivity contribution is 7.80. The number of rotatable bonds is 6. The van der Waals surface area contributed by atoms with E-state index in [0.717, 1.165) is 12.1 Å². The van der Waals surface area contributed by atoms with Gasteiger partial charge in [0.05, 0.1) is 6.61 Å². The minimum Gasteiger partial charge on any atom is -0.395 e. The molecule has 0 radical (unpaired) electrons. The number of thiocarbonyl (C=S) groups is 1. The maximum Gasteiger partial charge on any atom is 0.103 e. The maximum atomic E-state index is 9.01. The van der Waals surface area contributed by atoms with Crippen LogP contribution in [0.25, 0.3) is 0 Å². The number of aliphatic hydroxyl groups excluding tert-OH is 1. The van der Waals surface area contributed by atoms with Gasteiger partial charge in [-0.05, 0) is 19.4 Å². The van der Waals surface area contributed by atoms with Crippen molar-refractivity contribution in [2.75, 3.05) is 13.2 Å². The van der Waals surface area contributed by atoms with Crippen LogP contribution in [0.2, 0.25) is 0 Å². The maximum absolute atomic E-state index is 9.01. The Morgan fingerprint density at radius 2 is 1.94 bits per heavy atom. The summed E-state index contributed by atoms with van der Waals surface area (Å²) in [7, 11) is 0. The van der Waals surface area contributed by atoms with Crippen LogP contribution >= 0.6 is 12.2 Å². The number of nitrogens with zero attached hydrogens (tertiary/aromatic N) is 1. The Morgan fingerprint density at radius 1 is 1.35 bits per heavy atom. The van der Waals surface area contributed by atoms with E-state index in [9.17, 15) is 0 Å². The number of aliphatic hydroxyl groups is 1. The molecule has 0 bridgehead atoms. The third-order valence-electron chi connectivity index (χ3n) is 2.74. The molecule has 0 saturated heterocycles. The SMILES string of the molecule is CC(C)N(CCO)Cc1ccc(C(N)=S)cc1. The van der Waals surface area contributed by atoms with E-state index >= 15 is 0 Å². The third kappa shape index (κ3) is 4.42. The Morgan fingerprint density at radius 3 is 2.35 bits per heavy atom. The van der Waals surface area contributed by atoms with E-state index in [2.05, 4.69) is 18.7 Å². The quantitative estimate of drug-likeness (QED) is 0.754. The lowest BCUT2D eigenvalue weighted by atomic mass is 10.1. The number of hydrogen-bond donors (Lipinski definition) is 2. The van der Waals surface area contributed by atoms with Gasteiger partial charge in [0.15, 0.2) is 0 Å². The van der Waals surface area contributed by atoms with Crippen LogP contribution in [0.15, 0.2) is 24.3 Å². The minimum absolute atomic E-state index is 0.184. The summed E-state index contributed by atoms with van der Waals surface area (Å²) >= 11 is 4.91. The van der Waals surface area contributed by atoms with Crippen LogP contribution < -0.4 is 5.73 Å². The monoisotopic (exact) mass is 252 g/mol. The van der Waals surface area contributed by atoms with Crippen LogP contribution in [0, 0.1) is 0 Å². The van der Waals surface area contributed by atoms with E-state index in [1.807, 2.05) is 24.3 Å². The van der Waals surface area contributed by atoms with Gasteiger partial charge in [-0.15, -0.1) is 0 Å². The fraction of sp³-hybridized carbons (Fsp3) is 0.462. The van der Waals surface area contributed by atoms with Gasteiger partial charge in [0.2, 0.25) is 0 Å². The van der Waals surface area contributed by atoms with Gasteiger partial charge in [-0.3, -0.25) is 4.90 Å². The van der Waals surface area contributed by atoms with E-state index in [-0.39, 0.29) is 6.61 Å². The molecule has 17 heavy (non-hydrogen) atoms. The topological polar surface area (TPSA) is 49.5 Å². The van der Waals surface area contributed by atoms with Gasteiger partial charge < -0.3 is 10.8 Å². The molecule has 0 heterocycles. The average molecular weight is 252 g/mol. The predicted octanol–water partition coefficient (Wildman–Crippen LogP) is 1.52. The zero-order valence-corrected chi connectivity index (χ0v) is 11.2. The molecule has 1 aromatic carbocycles. The highest BCUT2D eigenvalue weighted by Crippen LogP contribution is 2.09. The van der Waals surface area contributed by atoms with Gasteiger partial charge in [0.25, 0.3) is 0 Å². The van der Waals surface area contributed by atoms with Gasteiger partial charge in [-0.2, -0.15) is 0 Å². The molecule has 0 aliphatic rings. The normalized spacial score (nSPS) is 11.1. The van der Waals surface area contributed by atoms with Crippen LogP contribution in [0.5, 0.6) is 0 Å². The average Bonchev–Trinajstić information content (AvgIpc) is 2.29. The molecule has 94 valence electrons. The third-order valence-corrected chi connectivity index (χ3v) is 2.98. The molecular weight excluding hydrogens is 232 g/mol. The Kier molecular flexibility index (Phi) is 5.55. The van der Waals surface area contributed by atoms with E-state index < -0.39 is 0 Å². The highest BCUT2D eigenvalue weighted by Gasteiger charge is 2.09. The number of hydrogen-bond acceptors (Lipinski definition) is 3. The van der Waals surface area contributed by atoms with Crippen molar-refractivity contribution in [2.24, 2.45) is 5.73 Å². The number of nitrogens with two attached hydrogens (primary N) is 1. The van der Waals surface area contributed by atoms with Crippen molar-refractivity contribution >= 4 is 17.2 Å². The lowest BCUT2D eigenvalue weighted by Crippen LogP contribution is -2.32. The molecule has 4 heteroatoms. The fourth-order valence-corrected chi connectivity index (χ4v) is 1.79. The first-order chi connectivity index (χ1) is 8.04. The second kappa shape index (κ2) is 6.69. The zero-order chi connectivity index (χ0) is 12.8.